The summed E-state index contributed by atoms with van der Waals surface area (Å²) in [5.41, 5.74) is 3.56. The van der Waals surface area contributed by atoms with E-state index < -0.39 is 0 Å². The van der Waals surface area contributed by atoms with Crippen LogP contribution in [0.15, 0.2) is 5.03 Å². The number of nitriles is 1. The lowest BCUT2D eigenvalue weighted by Gasteiger charge is -2.48. The highest BCUT2D eigenvalue weighted by Gasteiger charge is 2.38. The van der Waals surface area contributed by atoms with Crippen LogP contribution in [0.2, 0.25) is 0 Å². The fourth-order valence-electron chi connectivity index (χ4n) is 4.45. The number of hydrogen-bond acceptors (Lipinski definition) is 6. The molecule has 1 amide bonds. The molecule has 1 aromatic heterocycles. The maximum absolute atomic E-state index is 12.6. The van der Waals surface area contributed by atoms with E-state index in [1.165, 1.54) is 31.0 Å². The number of morpholine rings is 1. The highest BCUT2D eigenvalue weighted by molar-refractivity contribution is 8.00. The van der Waals surface area contributed by atoms with Crippen molar-refractivity contribution in [3.05, 3.63) is 22.4 Å². The Hall–Kier alpha value is -1.62. The zero-order valence-electron chi connectivity index (χ0n) is 17.8. The minimum Gasteiger partial charge on any atom is -0.379 e. The molecule has 0 spiro atoms. The van der Waals surface area contributed by atoms with Gasteiger partial charge in [-0.1, -0.05) is 31.0 Å². The standard InChI is InChI=1S/C22H32N4O2S/c1-16-17(2)19(13-23)21(25-18(16)3)29-14-20(27)24-15-22(7-5-4-6-8-22)26-9-11-28-12-10-26/h4-12,14-15H2,1-3H3,(H,24,27). The number of aryl methyl sites for hydroxylation is 1. The van der Waals surface area contributed by atoms with Gasteiger partial charge in [-0.15, -0.1) is 0 Å². The van der Waals surface area contributed by atoms with E-state index in [-0.39, 0.29) is 17.2 Å². The predicted molar refractivity (Wildman–Crippen MR) is 115 cm³/mol. The number of carbonyl (C=O) groups excluding carboxylic acids is 1. The van der Waals surface area contributed by atoms with Crippen LogP contribution in [0.4, 0.5) is 0 Å². The second kappa shape index (κ2) is 9.92. The number of ether oxygens (including phenoxy) is 1. The third-order valence-electron chi connectivity index (χ3n) is 6.50. The highest BCUT2D eigenvalue weighted by atomic mass is 32.2. The maximum atomic E-state index is 12.6. The van der Waals surface area contributed by atoms with E-state index in [0.29, 0.717) is 17.1 Å². The molecule has 158 valence electrons. The number of nitrogens with one attached hydrogen (secondary N) is 1. The van der Waals surface area contributed by atoms with Crippen molar-refractivity contribution in [1.29, 1.82) is 5.26 Å². The molecule has 1 aromatic rings. The Morgan fingerprint density at radius 3 is 2.55 bits per heavy atom. The smallest absolute Gasteiger partial charge is 0.230 e. The van der Waals surface area contributed by atoms with Crippen molar-refractivity contribution < 1.29 is 9.53 Å². The summed E-state index contributed by atoms with van der Waals surface area (Å²) in [6.07, 6.45) is 6.00. The van der Waals surface area contributed by atoms with Crippen molar-refractivity contribution in [2.24, 2.45) is 0 Å². The molecule has 29 heavy (non-hydrogen) atoms. The molecular formula is C22H32N4O2S. The van der Waals surface area contributed by atoms with Crippen molar-refractivity contribution in [1.82, 2.24) is 15.2 Å². The number of hydrogen-bond donors (Lipinski definition) is 1. The first-order chi connectivity index (χ1) is 14.0. The van der Waals surface area contributed by atoms with Crippen molar-refractivity contribution in [3.63, 3.8) is 0 Å². The van der Waals surface area contributed by atoms with Crippen LogP contribution < -0.4 is 5.32 Å². The lowest BCUT2D eigenvalue weighted by Crippen LogP contribution is -2.59. The molecule has 6 nitrogen and oxygen atoms in total. The van der Waals surface area contributed by atoms with Crippen molar-refractivity contribution in [3.8, 4) is 6.07 Å². The first-order valence-electron chi connectivity index (χ1n) is 10.6. The number of amides is 1. The molecule has 0 unspecified atom stereocenters. The van der Waals surface area contributed by atoms with Crippen LogP contribution in [0.3, 0.4) is 0 Å². The van der Waals surface area contributed by atoms with Crippen molar-refractivity contribution in [2.75, 3.05) is 38.6 Å². The van der Waals surface area contributed by atoms with Gasteiger partial charge >= 0.3 is 0 Å². The Bertz CT molecular complexity index is 778. The zero-order valence-corrected chi connectivity index (χ0v) is 18.7. The van der Waals surface area contributed by atoms with E-state index in [1.54, 1.807) is 0 Å². The third kappa shape index (κ3) is 5.11. The van der Waals surface area contributed by atoms with Gasteiger partial charge in [-0.05, 0) is 44.7 Å². The van der Waals surface area contributed by atoms with Gasteiger partial charge in [0.2, 0.25) is 5.91 Å². The Morgan fingerprint density at radius 1 is 1.21 bits per heavy atom. The molecule has 1 saturated carbocycles. The minimum atomic E-state index is 0.00905. The van der Waals surface area contributed by atoms with Gasteiger partial charge in [0.15, 0.2) is 0 Å². The lowest BCUT2D eigenvalue weighted by atomic mass is 9.79. The summed E-state index contributed by atoms with van der Waals surface area (Å²) in [6, 6.07) is 2.25. The lowest BCUT2D eigenvalue weighted by molar-refractivity contribution is -0.119. The first-order valence-corrected chi connectivity index (χ1v) is 11.6. The highest BCUT2D eigenvalue weighted by Crippen LogP contribution is 2.34. The van der Waals surface area contributed by atoms with Crippen LogP contribution in [0.5, 0.6) is 0 Å². The Kier molecular flexibility index (Phi) is 7.55. The van der Waals surface area contributed by atoms with Crippen LogP contribution in [0.25, 0.3) is 0 Å². The molecule has 1 saturated heterocycles. The molecule has 2 fully saturated rings. The Morgan fingerprint density at radius 2 is 1.90 bits per heavy atom. The average molecular weight is 417 g/mol. The van der Waals surface area contributed by atoms with E-state index in [1.807, 2.05) is 20.8 Å². The molecule has 3 rings (SSSR count). The van der Waals surface area contributed by atoms with Gasteiger partial charge < -0.3 is 10.1 Å². The average Bonchev–Trinajstić information content (AvgIpc) is 2.76. The van der Waals surface area contributed by atoms with Crippen LogP contribution in [-0.4, -0.2) is 59.9 Å². The summed E-state index contributed by atoms with van der Waals surface area (Å²) in [5.74, 6) is 0.290. The van der Waals surface area contributed by atoms with Crippen molar-refractivity contribution >= 4 is 17.7 Å². The van der Waals surface area contributed by atoms with Crippen LogP contribution in [0, 0.1) is 32.1 Å². The molecule has 1 N–H and O–H groups in total. The number of nitrogens with zero attached hydrogens (tertiary/aromatic N) is 3. The summed E-state index contributed by atoms with van der Waals surface area (Å²) >= 11 is 1.36. The van der Waals surface area contributed by atoms with Gasteiger partial charge in [-0.25, -0.2) is 4.98 Å². The summed E-state index contributed by atoms with van der Waals surface area (Å²) in [5, 5.41) is 13.4. The molecule has 0 atom stereocenters. The van der Waals surface area contributed by atoms with Gasteiger partial charge in [0.05, 0.1) is 24.5 Å². The quantitative estimate of drug-likeness (QED) is 0.718. The van der Waals surface area contributed by atoms with Gasteiger partial charge in [-0.3, -0.25) is 9.69 Å². The zero-order chi connectivity index (χ0) is 20.9. The summed E-state index contributed by atoms with van der Waals surface area (Å²) in [4.78, 5) is 19.7. The number of aromatic nitrogens is 1. The van der Waals surface area contributed by atoms with Gasteiger partial charge in [0.25, 0.3) is 0 Å². The number of carbonyl (C=O) groups is 1. The SMILES string of the molecule is Cc1nc(SCC(=O)NCC2(N3CCOCC3)CCCCC2)c(C#N)c(C)c1C. The molecule has 2 aliphatic rings. The molecule has 0 aromatic carbocycles. The fourth-order valence-corrected chi connectivity index (χ4v) is 5.36. The third-order valence-corrected chi connectivity index (χ3v) is 7.47. The van der Waals surface area contributed by atoms with Gasteiger partial charge in [0.1, 0.15) is 11.1 Å². The second-order valence-corrected chi connectivity index (χ2v) is 9.15. The summed E-state index contributed by atoms with van der Waals surface area (Å²) in [6.45, 7) is 10.0. The molecule has 0 bridgehead atoms. The maximum Gasteiger partial charge on any atom is 0.230 e. The summed E-state index contributed by atoms with van der Waals surface area (Å²) in [7, 11) is 0. The minimum absolute atomic E-state index is 0.00905. The molecule has 1 aliphatic carbocycles. The van der Waals surface area contributed by atoms with E-state index in [9.17, 15) is 10.1 Å². The van der Waals surface area contributed by atoms with Crippen LogP contribution >= 0.6 is 11.8 Å². The molecule has 2 heterocycles. The number of rotatable bonds is 6. The first kappa shape index (κ1) is 22.1. The fraction of sp³-hybridized carbons (Fsp3) is 0.682. The Labute approximate surface area is 178 Å². The van der Waals surface area contributed by atoms with E-state index in [2.05, 4.69) is 21.3 Å². The number of pyridine rings is 1. The molecular weight excluding hydrogens is 384 g/mol. The van der Waals surface area contributed by atoms with Gasteiger partial charge in [-0.2, -0.15) is 5.26 Å². The van der Waals surface area contributed by atoms with Crippen LogP contribution in [-0.2, 0) is 9.53 Å². The Balaban J connectivity index is 1.61. The van der Waals surface area contributed by atoms with Crippen molar-refractivity contribution in [2.45, 2.75) is 63.4 Å². The summed E-state index contributed by atoms with van der Waals surface area (Å²) < 4.78 is 5.53. The van der Waals surface area contributed by atoms with Crippen LogP contribution in [0.1, 0.15) is 54.5 Å². The molecule has 1 aliphatic heterocycles. The monoisotopic (exact) mass is 416 g/mol. The van der Waals surface area contributed by atoms with E-state index in [4.69, 9.17) is 4.74 Å². The molecule has 0 radical (unpaired) electrons. The topological polar surface area (TPSA) is 78.2 Å². The van der Waals surface area contributed by atoms with E-state index >= 15 is 0 Å². The normalized spacial score (nSPS) is 19.5. The van der Waals surface area contributed by atoms with E-state index in [0.717, 1.165) is 56.0 Å². The van der Waals surface area contributed by atoms with Gasteiger partial charge in [0, 0.05) is 30.9 Å². The largest absolute Gasteiger partial charge is 0.379 e. The second-order valence-electron chi connectivity index (χ2n) is 8.19. The molecule has 7 heteroatoms. The number of thioether (sulfide) groups is 1. The predicted octanol–water partition coefficient (Wildman–Crippen LogP) is 3.12.